The number of halogens is 1. The second-order valence-electron chi connectivity index (χ2n) is 4.44. The van der Waals surface area contributed by atoms with Crippen LogP contribution >= 0.6 is 11.6 Å². The summed E-state index contributed by atoms with van der Waals surface area (Å²) >= 11 is 6.05. The third-order valence-electron chi connectivity index (χ3n) is 3.09. The van der Waals surface area contributed by atoms with Gasteiger partial charge in [-0.25, -0.2) is 0 Å². The van der Waals surface area contributed by atoms with E-state index >= 15 is 0 Å². The maximum atomic E-state index is 11.9. The first-order chi connectivity index (χ1) is 8.61. The molecule has 98 valence electrons. The fourth-order valence-corrected chi connectivity index (χ4v) is 1.91. The van der Waals surface area contributed by atoms with Crippen molar-refractivity contribution < 1.29 is 9.53 Å². The van der Waals surface area contributed by atoms with Crippen LogP contribution < -0.4 is 10.1 Å². The van der Waals surface area contributed by atoms with Crippen molar-refractivity contribution in [1.29, 1.82) is 0 Å². The first-order valence-corrected chi connectivity index (χ1v) is 6.32. The summed E-state index contributed by atoms with van der Waals surface area (Å²) in [7, 11) is 3.44. The maximum absolute atomic E-state index is 11.9. The van der Waals surface area contributed by atoms with Crippen LogP contribution in [0.1, 0.15) is 12.8 Å². The molecule has 0 radical (unpaired) electrons. The minimum absolute atomic E-state index is 0.0800. The number of likely N-dealkylation sites (N-methyl/N-ethyl adjacent to an activating group) is 1. The SMILES string of the molecule is COc1ccc(Cl)c(NCC(=O)N(C)C2CC2)c1. The van der Waals surface area contributed by atoms with Crippen molar-refractivity contribution in [3.63, 3.8) is 0 Å². The molecule has 1 amide bonds. The van der Waals surface area contributed by atoms with Crippen LogP contribution in [0, 0.1) is 0 Å². The van der Waals surface area contributed by atoms with Gasteiger partial charge in [0.25, 0.3) is 0 Å². The zero-order chi connectivity index (χ0) is 13.1. The number of hydrogen-bond acceptors (Lipinski definition) is 3. The number of benzene rings is 1. The summed E-state index contributed by atoms with van der Waals surface area (Å²) in [6.45, 7) is 0.250. The molecular formula is C13H17ClN2O2. The first kappa shape index (κ1) is 13.0. The fourth-order valence-electron chi connectivity index (χ4n) is 1.73. The highest BCUT2D eigenvalue weighted by Gasteiger charge is 2.29. The summed E-state index contributed by atoms with van der Waals surface area (Å²) in [6.07, 6.45) is 2.23. The molecule has 18 heavy (non-hydrogen) atoms. The van der Waals surface area contributed by atoms with Crippen LogP contribution in [0.4, 0.5) is 5.69 Å². The van der Waals surface area contributed by atoms with Gasteiger partial charge in [0.15, 0.2) is 0 Å². The van der Waals surface area contributed by atoms with Gasteiger partial charge in [0, 0.05) is 19.2 Å². The van der Waals surface area contributed by atoms with Gasteiger partial charge in [-0.1, -0.05) is 11.6 Å². The van der Waals surface area contributed by atoms with Gasteiger partial charge >= 0.3 is 0 Å². The first-order valence-electron chi connectivity index (χ1n) is 5.95. The van der Waals surface area contributed by atoms with Gasteiger partial charge in [-0.3, -0.25) is 4.79 Å². The van der Waals surface area contributed by atoms with Gasteiger partial charge in [0.2, 0.25) is 5.91 Å². The van der Waals surface area contributed by atoms with E-state index in [2.05, 4.69) is 5.32 Å². The molecule has 5 heteroatoms. The lowest BCUT2D eigenvalue weighted by Gasteiger charge is -2.17. The predicted molar refractivity (Wildman–Crippen MR) is 72.3 cm³/mol. The lowest BCUT2D eigenvalue weighted by molar-refractivity contribution is -0.128. The molecule has 0 heterocycles. The molecule has 2 rings (SSSR count). The van der Waals surface area contributed by atoms with Gasteiger partial charge in [-0.05, 0) is 25.0 Å². The Morgan fingerprint density at radius 2 is 2.28 bits per heavy atom. The molecule has 1 aliphatic rings. The average Bonchev–Trinajstić information content (AvgIpc) is 3.20. The molecule has 0 bridgehead atoms. The average molecular weight is 269 g/mol. The van der Waals surface area contributed by atoms with Gasteiger partial charge in [-0.2, -0.15) is 0 Å². The van der Waals surface area contributed by atoms with E-state index in [1.165, 1.54) is 0 Å². The number of amides is 1. The Bertz CT molecular complexity index is 447. The molecular weight excluding hydrogens is 252 g/mol. The highest BCUT2D eigenvalue weighted by atomic mass is 35.5. The number of nitrogens with zero attached hydrogens (tertiary/aromatic N) is 1. The van der Waals surface area contributed by atoms with Crippen molar-refractivity contribution >= 4 is 23.2 Å². The number of anilines is 1. The Morgan fingerprint density at radius 3 is 2.89 bits per heavy atom. The van der Waals surface area contributed by atoms with E-state index in [0.717, 1.165) is 12.8 Å². The van der Waals surface area contributed by atoms with Crippen LogP contribution in [-0.4, -0.2) is 37.6 Å². The van der Waals surface area contributed by atoms with Crippen LogP contribution in [0.25, 0.3) is 0 Å². The van der Waals surface area contributed by atoms with E-state index in [9.17, 15) is 4.79 Å². The Morgan fingerprint density at radius 1 is 1.56 bits per heavy atom. The van der Waals surface area contributed by atoms with Crippen LogP contribution in [0.3, 0.4) is 0 Å². The molecule has 1 saturated carbocycles. The van der Waals surface area contributed by atoms with Gasteiger partial charge in [-0.15, -0.1) is 0 Å². The lowest BCUT2D eigenvalue weighted by atomic mass is 10.3. The maximum Gasteiger partial charge on any atom is 0.241 e. The summed E-state index contributed by atoms with van der Waals surface area (Å²) < 4.78 is 5.12. The number of hydrogen-bond donors (Lipinski definition) is 1. The van der Waals surface area contributed by atoms with Crippen LogP contribution in [0.2, 0.25) is 5.02 Å². The highest BCUT2D eigenvalue weighted by Crippen LogP contribution is 2.27. The van der Waals surface area contributed by atoms with Crippen molar-refractivity contribution in [3.05, 3.63) is 23.2 Å². The Hall–Kier alpha value is -1.42. The molecule has 1 aromatic rings. The van der Waals surface area contributed by atoms with Crippen molar-refractivity contribution in [1.82, 2.24) is 4.90 Å². The van der Waals surface area contributed by atoms with Gasteiger partial charge in [0.05, 0.1) is 24.4 Å². The summed E-state index contributed by atoms with van der Waals surface area (Å²) in [5.41, 5.74) is 0.716. The topological polar surface area (TPSA) is 41.6 Å². The van der Waals surface area contributed by atoms with Crippen molar-refractivity contribution in [2.24, 2.45) is 0 Å². The molecule has 0 atom stereocenters. The molecule has 1 aliphatic carbocycles. The van der Waals surface area contributed by atoms with E-state index in [-0.39, 0.29) is 12.5 Å². The van der Waals surface area contributed by atoms with E-state index < -0.39 is 0 Å². The molecule has 0 aliphatic heterocycles. The highest BCUT2D eigenvalue weighted by molar-refractivity contribution is 6.33. The van der Waals surface area contributed by atoms with E-state index in [0.29, 0.717) is 22.5 Å². The second kappa shape index (κ2) is 5.48. The monoisotopic (exact) mass is 268 g/mol. The molecule has 4 nitrogen and oxygen atoms in total. The number of carbonyl (C=O) groups is 1. The Kier molecular flexibility index (Phi) is 3.97. The number of nitrogens with one attached hydrogen (secondary N) is 1. The molecule has 0 aromatic heterocycles. The third kappa shape index (κ3) is 3.07. The summed E-state index contributed by atoms with van der Waals surface area (Å²) in [5, 5.41) is 3.63. The molecule has 1 aromatic carbocycles. The summed E-state index contributed by atoms with van der Waals surface area (Å²) in [6, 6.07) is 5.75. The van der Waals surface area contributed by atoms with Crippen molar-refractivity contribution in [3.8, 4) is 5.75 Å². The van der Waals surface area contributed by atoms with Crippen LogP contribution in [-0.2, 0) is 4.79 Å². The van der Waals surface area contributed by atoms with Crippen LogP contribution in [0.15, 0.2) is 18.2 Å². The van der Waals surface area contributed by atoms with Gasteiger partial charge < -0.3 is 15.0 Å². The zero-order valence-electron chi connectivity index (χ0n) is 10.6. The largest absolute Gasteiger partial charge is 0.497 e. The Labute approximate surface area is 112 Å². The van der Waals surface area contributed by atoms with E-state index in [1.54, 1.807) is 30.2 Å². The molecule has 1 N–H and O–H groups in total. The summed E-state index contributed by atoms with van der Waals surface area (Å²) in [4.78, 5) is 13.6. The standard InChI is InChI=1S/C13H17ClN2O2/c1-16(9-3-4-9)13(17)8-15-12-7-10(18-2)5-6-11(12)14/h5-7,9,15H,3-4,8H2,1-2H3. The van der Waals surface area contributed by atoms with Crippen molar-refractivity contribution in [2.75, 3.05) is 26.0 Å². The summed E-state index contributed by atoms with van der Waals surface area (Å²) in [5.74, 6) is 0.793. The quantitative estimate of drug-likeness (QED) is 0.892. The lowest BCUT2D eigenvalue weighted by Crippen LogP contribution is -2.33. The van der Waals surface area contributed by atoms with E-state index in [4.69, 9.17) is 16.3 Å². The third-order valence-corrected chi connectivity index (χ3v) is 3.42. The number of methoxy groups -OCH3 is 1. The molecule has 0 unspecified atom stereocenters. The van der Waals surface area contributed by atoms with Gasteiger partial charge in [0.1, 0.15) is 5.75 Å². The minimum Gasteiger partial charge on any atom is -0.497 e. The number of ether oxygens (including phenoxy) is 1. The Balaban J connectivity index is 1.94. The minimum atomic E-state index is 0.0800. The normalized spacial score (nSPS) is 14.2. The number of carbonyl (C=O) groups excluding carboxylic acids is 1. The smallest absolute Gasteiger partial charge is 0.241 e. The zero-order valence-corrected chi connectivity index (χ0v) is 11.3. The molecule has 0 spiro atoms. The van der Waals surface area contributed by atoms with E-state index in [1.807, 2.05) is 7.05 Å². The van der Waals surface area contributed by atoms with Crippen molar-refractivity contribution in [2.45, 2.75) is 18.9 Å². The van der Waals surface area contributed by atoms with Crippen LogP contribution in [0.5, 0.6) is 5.75 Å². The number of rotatable bonds is 5. The molecule has 1 fully saturated rings. The fraction of sp³-hybridized carbons (Fsp3) is 0.462. The predicted octanol–water partition coefficient (Wildman–Crippen LogP) is 2.38. The molecule has 0 saturated heterocycles. The second-order valence-corrected chi connectivity index (χ2v) is 4.84.